The van der Waals surface area contributed by atoms with Gasteiger partial charge in [-0.2, -0.15) is 0 Å². The molecular weight excluding hydrogens is 328 g/mol. The molecule has 0 spiro atoms. The lowest BCUT2D eigenvalue weighted by atomic mass is 9.83. The maximum absolute atomic E-state index is 13.0. The van der Waals surface area contributed by atoms with Crippen LogP contribution in [-0.4, -0.2) is 56.7 Å². The minimum atomic E-state index is -0.530. The summed E-state index contributed by atoms with van der Waals surface area (Å²) in [5, 5.41) is 14.6. The van der Waals surface area contributed by atoms with E-state index in [0.29, 0.717) is 12.0 Å². The van der Waals surface area contributed by atoms with Crippen molar-refractivity contribution in [3.05, 3.63) is 42.2 Å². The van der Waals surface area contributed by atoms with Crippen LogP contribution in [-0.2, 0) is 4.79 Å². The van der Waals surface area contributed by atoms with Gasteiger partial charge >= 0.3 is 0 Å². The van der Waals surface area contributed by atoms with Crippen molar-refractivity contribution >= 4 is 5.91 Å². The highest BCUT2D eigenvalue weighted by Gasteiger charge is 2.33. The zero-order chi connectivity index (χ0) is 17.8. The lowest BCUT2D eigenvalue weighted by molar-refractivity contribution is -0.124. The molecule has 7 heteroatoms. The molecule has 4 rings (SSSR count). The number of piperidine rings is 2. The quantitative estimate of drug-likeness (QED) is 0.883. The van der Waals surface area contributed by atoms with Crippen molar-refractivity contribution in [3.63, 3.8) is 0 Å². The zero-order valence-electron chi connectivity index (χ0n) is 15.0. The number of nitrogens with zero attached hydrogens (tertiary/aromatic N) is 5. The highest BCUT2D eigenvalue weighted by atomic mass is 16.2. The van der Waals surface area contributed by atoms with Crippen LogP contribution in [0.3, 0.4) is 0 Å². The summed E-state index contributed by atoms with van der Waals surface area (Å²) in [6.45, 7) is 3.16. The molecule has 7 nitrogen and oxygen atoms in total. The van der Waals surface area contributed by atoms with E-state index in [9.17, 15) is 4.79 Å². The lowest BCUT2D eigenvalue weighted by Gasteiger charge is -2.44. The van der Waals surface area contributed by atoms with Crippen molar-refractivity contribution in [1.29, 1.82) is 0 Å². The fraction of sp³-hybridized carbons (Fsp3) is 0.579. The summed E-state index contributed by atoms with van der Waals surface area (Å²) in [5.74, 6) is 0.495. The number of nitrogens with one attached hydrogen (secondary N) is 1. The Balaban J connectivity index is 1.45. The zero-order valence-corrected chi connectivity index (χ0v) is 15.0. The number of hydrogen-bond donors (Lipinski definition) is 1. The molecule has 3 heterocycles. The van der Waals surface area contributed by atoms with E-state index >= 15 is 0 Å². The van der Waals surface area contributed by atoms with Crippen LogP contribution >= 0.6 is 0 Å². The highest BCUT2D eigenvalue weighted by Crippen LogP contribution is 2.30. The number of hydrogen-bond acceptors (Lipinski definition) is 5. The number of tetrazole rings is 1. The Bertz CT molecular complexity index is 702. The van der Waals surface area contributed by atoms with Gasteiger partial charge in [0.15, 0.2) is 6.04 Å². The first kappa shape index (κ1) is 17.1. The summed E-state index contributed by atoms with van der Waals surface area (Å²) < 4.78 is 1.53. The number of carbonyl (C=O) groups is 1. The van der Waals surface area contributed by atoms with Gasteiger partial charge in [-0.05, 0) is 60.7 Å². The van der Waals surface area contributed by atoms with Crippen LogP contribution in [0.5, 0.6) is 0 Å². The molecule has 1 aromatic carbocycles. The van der Waals surface area contributed by atoms with Gasteiger partial charge in [-0.1, -0.05) is 36.8 Å². The fourth-order valence-electron chi connectivity index (χ4n) is 4.49. The van der Waals surface area contributed by atoms with Crippen LogP contribution in [0.1, 0.15) is 43.7 Å². The Hall–Kier alpha value is -2.28. The molecule has 0 aliphatic carbocycles. The second kappa shape index (κ2) is 7.95. The molecule has 138 valence electrons. The van der Waals surface area contributed by atoms with Gasteiger partial charge in [0.2, 0.25) is 5.91 Å². The second-order valence-corrected chi connectivity index (χ2v) is 7.35. The number of rotatable bonds is 5. The third-order valence-electron chi connectivity index (χ3n) is 5.76. The van der Waals surface area contributed by atoms with Crippen LogP contribution in [0.25, 0.3) is 0 Å². The van der Waals surface area contributed by atoms with Crippen LogP contribution in [0.4, 0.5) is 0 Å². The summed E-state index contributed by atoms with van der Waals surface area (Å²) in [4.78, 5) is 15.6. The first-order chi connectivity index (χ1) is 12.8. The maximum Gasteiger partial charge on any atom is 0.249 e. The maximum atomic E-state index is 13.0. The average molecular weight is 354 g/mol. The summed E-state index contributed by atoms with van der Waals surface area (Å²) in [6, 6.07) is 9.78. The van der Waals surface area contributed by atoms with Crippen molar-refractivity contribution < 1.29 is 4.79 Å². The molecule has 2 saturated heterocycles. The largest absolute Gasteiger partial charge is 0.354 e. The smallest absolute Gasteiger partial charge is 0.249 e. The van der Waals surface area contributed by atoms with Crippen molar-refractivity contribution in [2.24, 2.45) is 5.92 Å². The van der Waals surface area contributed by atoms with Gasteiger partial charge in [0.1, 0.15) is 6.33 Å². The topological polar surface area (TPSA) is 75.9 Å². The Labute approximate surface area is 153 Å². The monoisotopic (exact) mass is 354 g/mol. The molecule has 1 amide bonds. The SMILES string of the molecule is O=C(NC[C@H]1CCCN2CCCC[C@H]12)[C@H](c1ccccc1)n1cnnn1. The molecule has 0 unspecified atom stereocenters. The van der Waals surface area contributed by atoms with Crippen LogP contribution < -0.4 is 5.32 Å². The van der Waals surface area contributed by atoms with Gasteiger partial charge in [-0.3, -0.25) is 4.79 Å². The summed E-state index contributed by atoms with van der Waals surface area (Å²) in [6.07, 6.45) is 7.80. The molecule has 26 heavy (non-hydrogen) atoms. The van der Waals surface area contributed by atoms with Crippen LogP contribution in [0, 0.1) is 5.92 Å². The number of carbonyl (C=O) groups excluding carboxylic acids is 1. The summed E-state index contributed by atoms with van der Waals surface area (Å²) >= 11 is 0. The molecule has 2 fully saturated rings. The van der Waals surface area contributed by atoms with Gasteiger partial charge in [-0.15, -0.1) is 5.10 Å². The first-order valence-corrected chi connectivity index (χ1v) is 9.62. The van der Waals surface area contributed by atoms with Crippen molar-refractivity contribution in [3.8, 4) is 0 Å². The number of amides is 1. The minimum Gasteiger partial charge on any atom is -0.354 e. The summed E-state index contributed by atoms with van der Waals surface area (Å²) in [7, 11) is 0. The normalized spacial score (nSPS) is 24.6. The third kappa shape index (κ3) is 3.62. The molecule has 0 saturated carbocycles. The van der Waals surface area contributed by atoms with E-state index in [1.807, 2.05) is 30.3 Å². The van der Waals surface area contributed by atoms with Crippen molar-refractivity contribution in [2.45, 2.75) is 44.2 Å². The van der Waals surface area contributed by atoms with Crippen molar-refractivity contribution in [1.82, 2.24) is 30.4 Å². The molecule has 3 atom stereocenters. The van der Waals surface area contributed by atoms with E-state index in [1.165, 1.54) is 56.2 Å². The standard InChI is InChI=1S/C19H26N6O/c26-19(18(25-14-21-22-23-25)15-7-2-1-3-8-15)20-13-16-9-6-12-24-11-5-4-10-17(16)24/h1-3,7-8,14,16-18H,4-6,9-13H2,(H,20,26)/t16-,17-,18+/m1/s1. The Kier molecular flexibility index (Phi) is 5.24. The highest BCUT2D eigenvalue weighted by molar-refractivity contribution is 5.83. The van der Waals surface area contributed by atoms with E-state index in [2.05, 4.69) is 25.7 Å². The van der Waals surface area contributed by atoms with Gasteiger partial charge in [0.05, 0.1) is 0 Å². The molecule has 2 aromatic rings. The summed E-state index contributed by atoms with van der Waals surface area (Å²) in [5.41, 5.74) is 0.889. The average Bonchev–Trinajstić information content (AvgIpc) is 3.21. The van der Waals surface area contributed by atoms with Gasteiger partial charge in [0, 0.05) is 12.6 Å². The molecular formula is C19H26N6O. The molecule has 2 aliphatic rings. The fourth-order valence-corrected chi connectivity index (χ4v) is 4.49. The van der Waals surface area contributed by atoms with Gasteiger partial charge in [-0.25, -0.2) is 4.68 Å². The predicted molar refractivity (Wildman–Crippen MR) is 97.3 cm³/mol. The molecule has 1 N–H and O–H groups in total. The Morgan fingerprint density at radius 3 is 2.81 bits per heavy atom. The number of aromatic nitrogens is 4. The van der Waals surface area contributed by atoms with Gasteiger partial charge < -0.3 is 10.2 Å². The van der Waals surface area contributed by atoms with E-state index in [1.54, 1.807) is 0 Å². The second-order valence-electron chi connectivity index (χ2n) is 7.35. The van der Waals surface area contributed by atoms with E-state index in [4.69, 9.17) is 0 Å². The molecule has 0 radical (unpaired) electrons. The minimum absolute atomic E-state index is 0.0450. The molecule has 2 aliphatic heterocycles. The van der Waals surface area contributed by atoms with Crippen molar-refractivity contribution in [2.75, 3.05) is 19.6 Å². The number of fused-ring (bicyclic) bond motifs is 1. The van der Waals surface area contributed by atoms with E-state index in [-0.39, 0.29) is 5.91 Å². The first-order valence-electron chi connectivity index (χ1n) is 9.62. The molecule has 1 aromatic heterocycles. The van der Waals surface area contributed by atoms with Crippen LogP contribution in [0.2, 0.25) is 0 Å². The Morgan fingerprint density at radius 2 is 2.00 bits per heavy atom. The predicted octanol–water partition coefficient (Wildman–Crippen LogP) is 1.64. The molecule has 0 bridgehead atoms. The lowest BCUT2D eigenvalue weighted by Crippen LogP contribution is -2.51. The number of benzene rings is 1. The van der Waals surface area contributed by atoms with E-state index in [0.717, 1.165) is 12.1 Å². The van der Waals surface area contributed by atoms with E-state index < -0.39 is 6.04 Å². The van der Waals surface area contributed by atoms with Gasteiger partial charge in [0.25, 0.3) is 0 Å². The van der Waals surface area contributed by atoms with Crippen LogP contribution in [0.15, 0.2) is 36.7 Å². The Morgan fingerprint density at radius 1 is 1.15 bits per heavy atom. The third-order valence-corrected chi connectivity index (χ3v) is 5.76.